The van der Waals surface area contributed by atoms with Crippen molar-refractivity contribution in [2.24, 2.45) is 0 Å². The molecule has 1 unspecified atom stereocenters. The molecule has 0 N–H and O–H groups in total. The van der Waals surface area contributed by atoms with Crippen LogP contribution in [0.4, 0.5) is 22.0 Å². The van der Waals surface area contributed by atoms with E-state index in [9.17, 15) is 26.7 Å². The minimum absolute atomic E-state index is 2.47. The molecule has 0 aromatic rings. The van der Waals surface area contributed by atoms with Gasteiger partial charge in [-0.15, -0.1) is 0 Å². The van der Waals surface area contributed by atoms with Gasteiger partial charge in [-0.1, -0.05) is 0 Å². The summed E-state index contributed by atoms with van der Waals surface area (Å²) >= 11 is 0. The Bertz CT molecular complexity index is 215. The van der Waals surface area contributed by atoms with Gasteiger partial charge in [0.2, 0.25) is 0 Å². The second-order valence-corrected chi connectivity index (χ2v) is 1.90. The van der Waals surface area contributed by atoms with E-state index in [4.69, 9.17) is 0 Å². The maximum absolute atomic E-state index is 11.9. The third-order valence-corrected chi connectivity index (χ3v) is 0.977. The second kappa shape index (κ2) is 2.28. The first kappa shape index (κ1) is 9.17. The van der Waals surface area contributed by atoms with Crippen LogP contribution >= 0.6 is 0 Å². The number of hydrogen-bond donors (Lipinski definition) is 0. The summed E-state index contributed by atoms with van der Waals surface area (Å²) < 4.78 is 65.1. The average molecular weight is 192 g/mol. The molecule has 1 atom stereocenters. The molecule has 0 radical (unpaired) electrons. The Morgan fingerprint density at radius 2 is 1.75 bits per heavy atom. The number of carbonyl (C=O) groups excluding carboxylic acids is 1. The van der Waals surface area contributed by atoms with Gasteiger partial charge in [0.05, 0.1) is 0 Å². The summed E-state index contributed by atoms with van der Waals surface area (Å²) in [4.78, 5) is 9.94. The lowest BCUT2D eigenvalue weighted by Crippen LogP contribution is -2.53. The van der Waals surface area contributed by atoms with Gasteiger partial charge in [0.15, 0.2) is 0 Å². The molecule has 0 spiro atoms. The van der Waals surface area contributed by atoms with E-state index in [1.165, 1.54) is 0 Å². The first-order valence-corrected chi connectivity index (χ1v) is 2.57. The van der Waals surface area contributed by atoms with E-state index in [0.29, 0.717) is 0 Å². The number of ether oxygens (including phenoxy) is 2. The van der Waals surface area contributed by atoms with E-state index in [-0.39, 0.29) is 0 Å². The van der Waals surface area contributed by atoms with Gasteiger partial charge in [0, 0.05) is 0 Å². The lowest BCUT2D eigenvalue weighted by atomic mass is 10.5. The Labute approximate surface area is 62.0 Å². The highest BCUT2D eigenvalue weighted by Gasteiger charge is 2.62. The fourth-order valence-corrected chi connectivity index (χ4v) is 0.490. The van der Waals surface area contributed by atoms with E-state index < -0.39 is 24.5 Å². The molecule has 1 rings (SSSR count). The van der Waals surface area contributed by atoms with Crippen molar-refractivity contribution in [3.63, 3.8) is 0 Å². The molecule has 12 heavy (non-hydrogen) atoms. The molecule has 1 saturated heterocycles. The van der Waals surface area contributed by atoms with E-state index in [0.717, 1.165) is 0 Å². The lowest BCUT2D eigenvalue weighted by Gasteiger charge is -2.29. The monoisotopic (exact) mass is 192 g/mol. The molecule has 0 aromatic carbocycles. The van der Waals surface area contributed by atoms with Crippen LogP contribution in [0.1, 0.15) is 0 Å². The Morgan fingerprint density at radius 3 is 2.17 bits per heavy atom. The van der Waals surface area contributed by atoms with Crippen molar-refractivity contribution in [3.8, 4) is 0 Å². The van der Waals surface area contributed by atoms with Gasteiger partial charge in [-0.2, -0.15) is 22.0 Å². The lowest BCUT2D eigenvalue weighted by molar-refractivity contribution is -0.433. The van der Waals surface area contributed by atoms with Crippen LogP contribution < -0.4 is 0 Å². The molecule has 70 valence electrons. The fourth-order valence-electron chi connectivity index (χ4n) is 0.490. The highest BCUT2D eigenvalue weighted by atomic mass is 19.3. The Morgan fingerprint density at radius 1 is 1.25 bits per heavy atom. The standard InChI is InChI=1S/C4HF5O3/c5-1-3(6,7)12-4(8,9)2(10)11-1/h1H. The molecule has 0 aliphatic carbocycles. The van der Waals surface area contributed by atoms with Crippen molar-refractivity contribution in [3.05, 3.63) is 0 Å². The first-order chi connectivity index (χ1) is 5.26. The SMILES string of the molecule is O=C1OC(F)C(F)(F)OC1(F)F. The van der Waals surface area contributed by atoms with Gasteiger partial charge in [-0.25, -0.2) is 9.53 Å². The molecular weight excluding hydrogens is 191 g/mol. The number of halogens is 5. The summed E-state index contributed by atoms with van der Waals surface area (Å²) in [6, 6.07) is 0. The van der Waals surface area contributed by atoms with Crippen LogP contribution in [0.25, 0.3) is 0 Å². The molecule has 8 heteroatoms. The summed E-state index contributed by atoms with van der Waals surface area (Å²) in [6.07, 6.45) is -13.1. The van der Waals surface area contributed by atoms with Crippen LogP contribution in [0.15, 0.2) is 0 Å². The molecule has 1 heterocycles. The van der Waals surface area contributed by atoms with Crippen LogP contribution in [0, 0.1) is 0 Å². The largest absolute Gasteiger partial charge is 0.460 e. The first-order valence-electron chi connectivity index (χ1n) is 2.57. The topological polar surface area (TPSA) is 35.5 Å². The van der Waals surface area contributed by atoms with Crippen molar-refractivity contribution in [2.45, 2.75) is 18.6 Å². The summed E-state index contributed by atoms with van der Waals surface area (Å²) in [5, 5.41) is 0. The second-order valence-electron chi connectivity index (χ2n) is 1.90. The van der Waals surface area contributed by atoms with E-state index >= 15 is 0 Å². The number of rotatable bonds is 0. The van der Waals surface area contributed by atoms with Crippen molar-refractivity contribution >= 4 is 5.97 Å². The van der Waals surface area contributed by atoms with Crippen LogP contribution in [0.3, 0.4) is 0 Å². The van der Waals surface area contributed by atoms with Gasteiger partial charge in [0.25, 0.3) is 0 Å². The van der Waals surface area contributed by atoms with E-state index in [2.05, 4.69) is 9.47 Å². The summed E-state index contributed by atoms with van der Waals surface area (Å²) in [6.45, 7) is 0. The predicted molar refractivity (Wildman–Crippen MR) is 22.0 cm³/mol. The smallest absolute Gasteiger partial charge is 0.415 e. The highest BCUT2D eigenvalue weighted by molar-refractivity contribution is 5.76. The molecule has 1 aliphatic rings. The molecular formula is C4HF5O3. The van der Waals surface area contributed by atoms with Crippen molar-refractivity contribution in [2.75, 3.05) is 0 Å². The van der Waals surface area contributed by atoms with Gasteiger partial charge < -0.3 is 4.74 Å². The maximum Gasteiger partial charge on any atom is 0.460 e. The fraction of sp³-hybridized carbons (Fsp3) is 0.750. The zero-order valence-corrected chi connectivity index (χ0v) is 5.19. The van der Waals surface area contributed by atoms with Crippen LogP contribution in [-0.2, 0) is 14.3 Å². The molecule has 1 fully saturated rings. The zero-order chi connectivity index (χ0) is 9.57. The quantitative estimate of drug-likeness (QED) is 0.425. The van der Waals surface area contributed by atoms with Gasteiger partial charge in [-0.05, 0) is 0 Å². The number of carbonyl (C=O) groups is 1. The maximum atomic E-state index is 11.9. The molecule has 1 aliphatic heterocycles. The van der Waals surface area contributed by atoms with Gasteiger partial charge >= 0.3 is 24.5 Å². The Balaban J connectivity index is 2.85. The number of hydrogen-bond acceptors (Lipinski definition) is 3. The van der Waals surface area contributed by atoms with E-state index in [1.54, 1.807) is 0 Å². The van der Waals surface area contributed by atoms with Crippen molar-refractivity contribution in [1.29, 1.82) is 0 Å². The predicted octanol–water partition coefficient (Wildman–Crippen LogP) is 1.04. The number of esters is 1. The number of alkyl halides is 5. The van der Waals surface area contributed by atoms with Crippen molar-refractivity contribution in [1.82, 2.24) is 0 Å². The molecule has 3 nitrogen and oxygen atoms in total. The summed E-state index contributed by atoms with van der Waals surface area (Å²) in [5.74, 6) is -2.47. The third-order valence-electron chi connectivity index (χ3n) is 0.977. The molecule has 0 aromatic heterocycles. The van der Waals surface area contributed by atoms with Crippen LogP contribution in [-0.4, -0.2) is 24.5 Å². The molecule has 0 bridgehead atoms. The van der Waals surface area contributed by atoms with E-state index in [1.807, 2.05) is 0 Å². The minimum atomic E-state index is -4.81. The normalized spacial score (nSPS) is 32.8. The van der Waals surface area contributed by atoms with Crippen molar-refractivity contribution < 1.29 is 36.2 Å². The summed E-state index contributed by atoms with van der Waals surface area (Å²) in [5.41, 5.74) is 0. The van der Waals surface area contributed by atoms with Crippen LogP contribution in [0.5, 0.6) is 0 Å². The molecule has 0 saturated carbocycles. The third kappa shape index (κ3) is 1.33. The Kier molecular flexibility index (Phi) is 1.74. The number of cyclic esters (lactones) is 1. The zero-order valence-electron chi connectivity index (χ0n) is 5.19. The summed E-state index contributed by atoms with van der Waals surface area (Å²) in [7, 11) is 0. The van der Waals surface area contributed by atoms with Gasteiger partial charge in [-0.3, -0.25) is 0 Å². The Hall–Kier alpha value is -0.920. The molecule has 0 amide bonds. The van der Waals surface area contributed by atoms with Gasteiger partial charge in [0.1, 0.15) is 0 Å². The average Bonchev–Trinajstić information content (AvgIpc) is 1.82. The van der Waals surface area contributed by atoms with Crippen LogP contribution in [0.2, 0.25) is 0 Å². The minimum Gasteiger partial charge on any atom is -0.415 e. The highest BCUT2D eigenvalue weighted by Crippen LogP contribution is 2.37.